The summed E-state index contributed by atoms with van der Waals surface area (Å²) in [5, 5.41) is 0. The zero-order chi connectivity index (χ0) is 20.6. The lowest BCUT2D eigenvalue weighted by Crippen LogP contribution is -2.36. The van der Waals surface area contributed by atoms with E-state index in [1.807, 2.05) is 31.3 Å². The molecule has 1 fully saturated rings. The lowest BCUT2D eigenvalue weighted by Gasteiger charge is -2.29. The minimum Gasteiger partial charge on any atom is -0.378 e. The van der Waals surface area contributed by atoms with E-state index in [1.54, 1.807) is 4.90 Å². The van der Waals surface area contributed by atoms with Crippen LogP contribution in [-0.2, 0) is 11.3 Å². The Morgan fingerprint density at radius 2 is 1.66 bits per heavy atom. The van der Waals surface area contributed by atoms with Crippen LogP contribution in [0.15, 0.2) is 48.5 Å². The molecule has 1 saturated heterocycles. The second-order valence-corrected chi connectivity index (χ2v) is 7.75. The molecule has 0 radical (unpaired) electrons. The summed E-state index contributed by atoms with van der Waals surface area (Å²) in [6, 6.07) is 16.4. The van der Waals surface area contributed by atoms with Gasteiger partial charge in [0.1, 0.15) is 0 Å². The number of amides is 1. The third kappa shape index (κ3) is 5.73. The smallest absolute Gasteiger partial charge is 0.253 e. The van der Waals surface area contributed by atoms with Crippen LogP contribution in [0.5, 0.6) is 0 Å². The summed E-state index contributed by atoms with van der Waals surface area (Å²) < 4.78 is 5.42. The van der Waals surface area contributed by atoms with Crippen molar-refractivity contribution in [2.75, 3.05) is 56.7 Å². The number of unbranched alkanes of at least 4 members (excludes halogenated alkanes) is 1. The van der Waals surface area contributed by atoms with Gasteiger partial charge in [-0.05, 0) is 48.4 Å². The average Bonchev–Trinajstić information content (AvgIpc) is 2.78. The molecule has 5 heteroatoms. The Hall–Kier alpha value is -2.53. The molecule has 1 amide bonds. The van der Waals surface area contributed by atoms with Crippen molar-refractivity contribution < 1.29 is 9.53 Å². The van der Waals surface area contributed by atoms with Gasteiger partial charge in [-0.3, -0.25) is 4.79 Å². The minimum atomic E-state index is 0.0463. The van der Waals surface area contributed by atoms with Crippen LogP contribution >= 0.6 is 0 Å². The van der Waals surface area contributed by atoms with Gasteiger partial charge in [-0.1, -0.05) is 25.5 Å². The van der Waals surface area contributed by atoms with E-state index in [0.717, 1.165) is 49.7 Å². The third-order valence-electron chi connectivity index (χ3n) is 5.48. The Labute approximate surface area is 174 Å². The molecule has 2 aromatic rings. The minimum absolute atomic E-state index is 0.0463. The van der Waals surface area contributed by atoms with Gasteiger partial charge in [0.05, 0.1) is 13.2 Å². The van der Waals surface area contributed by atoms with Crippen molar-refractivity contribution in [3.8, 4) is 0 Å². The van der Waals surface area contributed by atoms with Crippen LogP contribution in [0.3, 0.4) is 0 Å². The van der Waals surface area contributed by atoms with Gasteiger partial charge in [0.25, 0.3) is 5.91 Å². The third-order valence-corrected chi connectivity index (χ3v) is 5.48. The van der Waals surface area contributed by atoms with Crippen molar-refractivity contribution in [2.24, 2.45) is 0 Å². The normalized spacial score (nSPS) is 14.0. The number of hydrogen-bond donors (Lipinski definition) is 0. The fraction of sp³-hybridized carbons (Fsp3) is 0.458. The molecule has 2 aromatic carbocycles. The number of anilines is 2. The summed E-state index contributed by atoms with van der Waals surface area (Å²) in [4.78, 5) is 19.2. The lowest BCUT2D eigenvalue weighted by atomic mass is 10.1. The summed E-state index contributed by atoms with van der Waals surface area (Å²) in [6.45, 7) is 7.26. The molecular formula is C24H33N3O2. The molecule has 0 aliphatic carbocycles. The highest BCUT2D eigenvalue weighted by Crippen LogP contribution is 2.19. The predicted molar refractivity (Wildman–Crippen MR) is 120 cm³/mol. The molecule has 29 heavy (non-hydrogen) atoms. The molecule has 3 rings (SSSR count). The van der Waals surface area contributed by atoms with Crippen LogP contribution in [0.1, 0.15) is 35.7 Å². The molecule has 0 aromatic heterocycles. The second-order valence-electron chi connectivity index (χ2n) is 7.75. The Kier molecular flexibility index (Phi) is 7.53. The van der Waals surface area contributed by atoms with Crippen LogP contribution in [0, 0.1) is 0 Å². The second kappa shape index (κ2) is 10.3. The molecule has 1 aliphatic rings. The van der Waals surface area contributed by atoms with E-state index in [9.17, 15) is 4.79 Å². The standard InChI is InChI=1S/C24H33N3O2/c1-4-5-14-25(2)22-12-8-21(9-13-22)24(28)26(3)19-20-6-10-23(11-7-20)27-15-17-29-18-16-27/h6-13H,4-5,14-19H2,1-3H3. The van der Waals surface area contributed by atoms with E-state index >= 15 is 0 Å². The first kappa shape index (κ1) is 21.2. The Bertz CT molecular complexity index is 768. The SMILES string of the molecule is CCCCN(C)c1ccc(C(=O)N(C)Cc2ccc(N3CCOCC3)cc2)cc1. The van der Waals surface area contributed by atoms with Crippen LogP contribution in [0.25, 0.3) is 0 Å². The maximum Gasteiger partial charge on any atom is 0.253 e. The van der Waals surface area contributed by atoms with Gasteiger partial charge in [0.15, 0.2) is 0 Å². The number of hydrogen-bond acceptors (Lipinski definition) is 4. The summed E-state index contributed by atoms with van der Waals surface area (Å²) >= 11 is 0. The largest absolute Gasteiger partial charge is 0.378 e. The van der Waals surface area contributed by atoms with Gasteiger partial charge in [-0.2, -0.15) is 0 Å². The van der Waals surface area contributed by atoms with E-state index in [2.05, 4.69) is 48.0 Å². The fourth-order valence-corrected chi connectivity index (χ4v) is 3.58. The van der Waals surface area contributed by atoms with Crippen LogP contribution in [-0.4, -0.2) is 57.8 Å². The van der Waals surface area contributed by atoms with Gasteiger partial charge in [0, 0.05) is 57.2 Å². The molecule has 1 heterocycles. The topological polar surface area (TPSA) is 36.0 Å². The van der Waals surface area contributed by atoms with E-state index in [-0.39, 0.29) is 5.91 Å². The molecule has 0 bridgehead atoms. The number of carbonyl (C=O) groups excluding carboxylic acids is 1. The predicted octanol–water partition coefficient (Wildman–Crippen LogP) is 4.03. The zero-order valence-corrected chi connectivity index (χ0v) is 17.9. The maximum absolute atomic E-state index is 12.8. The van der Waals surface area contributed by atoms with Crippen molar-refractivity contribution in [1.29, 1.82) is 0 Å². The van der Waals surface area contributed by atoms with E-state index < -0.39 is 0 Å². The number of benzene rings is 2. The quantitative estimate of drug-likeness (QED) is 0.676. The van der Waals surface area contributed by atoms with Crippen molar-refractivity contribution in [1.82, 2.24) is 4.90 Å². The Morgan fingerprint density at radius 1 is 1.00 bits per heavy atom. The van der Waals surface area contributed by atoms with Crippen molar-refractivity contribution in [2.45, 2.75) is 26.3 Å². The first-order valence-corrected chi connectivity index (χ1v) is 10.6. The highest BCUT2D eigenvalue weighted by atomic mass is 16.5. The Morgan fingerprint density at radius 3 is 2.28 bits per heavy atom. The molecule has 0 spiro atoms. The molecule has 0 N–H and O–H groups in total. The van der Waals surface area contributed by atoms with E-state index in [0.29, 0.717) is 6.54 Å². The molecule has 0 saturated carbocycles. The first-order chi connectivity index (χ1) is 14.1. The van der Waals surface area contributed by atoms with Crippen molar-refractivity contribution >= 4 is 17.3 Å². The van der Waals surface area contributed by atoms with E-state index in [1.165, 1.54) is 18.5 Å². The van der Waals surface area contributed by atoms with Gasteiger partial charge in [-0.25, -0.2) is 0 Å². The molecule has 156 valence electrons. The van der Waals surface area contributed by atoms with Gasteiger partial charge in [0.2, 0.25) is 0 Å². The molecule has 1 aliphatic heterocycles. The number of ether oxygens (including phenoxy) is 1. The summed E-state index contributed by atoms with van der Waals surface area (Å²) in [5.74, 6) is 0.0463. The molecular weight excluding hydrogens is 362 g/mol. The summed E-state index contributed by atoms with van der Waals surface area (Å²) in [7, 11) is 3.96. The molecule has 5 nitrogen and oxygen atoms in total. The van der Waals surface area contributed by atoms with Gasteiger partial charge >= 0.3 is 0 Å². The fourth-order valence-electron chi connectivity index (χ4n) is 3.58. The van der Waals surface area contributed by atoms with Crippen LogP contribution in [0.4, 0.5) is 11.4 Å². The highest BCUT2D eigenvalue weighted by Gasteiger charge is 2.14. The molecule has 0 unspecified atom stereocenters. The number of morpholine rings is 1. The van der Waals surface area contributed by atoms with Crippen LogP contribution in [0.2, 0.25) is 0 Å². The number of nitrogens with zero attached hydrogens (tertiary/aromatic N) is 3. The van der Waals surface area contributed by atoms with Gasteiger partial charge < -0.3 is 19.4 Å². The highest BCUT2D eigenvalue weighted by molar-refractivity contribution is 5.94. The monoisotopic (exact) mass is 395 g/mol. The number of rotatable bonds is 8. The zero-order valence-electron chi connectivity index (χ0n) is 17.9. The van der Waals surface area contributed by atoms with E-state index in [4.69, 9.17) is 4.74 Å². The average molecular weight is 396 g/mol. The Balaban J connectivity index is 1.57. The summed E-state index contributed by atoms with van der Waals surface area (Å²) in [6.07, 6.45) is 2.35. The number of carbonyl (C=O) groups is 1. The van der Waals surface area contributed by atoms with Crippen molar-refractivity contribution in [3.63, 3.8) is 0 Å². The van der Waals surface area contributed by atoms with Crippen LogP contribution < -0.4 is 9.80 Å². The summed E-state index contributed by atoms with van der Waals surface area (Å²) in [5.41, 5.74) is 4.23. The maximum atomic E-state index is 12.8. The first-order valence-electron chi connectivity index (χ1n) is 10.6. The molecule has 0 atom stereocenters. The lowest BCUT2D eigenvalue weighted by molar-refractivity contribution is 0.0785. The van der Waals surface area contributed by atoms with Gasteiger partial charge in [-0.15, -0.1) is 0 Å². The van der Waals surface area contributed by atoms with Crippen molar-refractivity contribution in [3.05, 3.63) is 59.7 Å².